The Balaban J connectivity index is -0.0000000325. The Bertz CT molecular complexity index is 158. The highest BCUT2D eigenvalue weighted by Gasteiger charge is 1.95. The van der Waals surface area contributed by atoms with Crippen LogP contribution in [0.4, 0.5) is 0 Å². The van der Waals surface area contributed by atoms with E-state index in [4.69, 9.17) is 136 Å². The molecule has 27 nitrogen and oxygen atoms in total. The first-order valence-corrected chi connectivity index (χ1v) is 6.97. The molecule has 0 aliphatic carbocycles. The predicted molar refractivity (Wildman–Crippen MR) is 112 cm³/mol. The van der Waals surface area contributed by atoms with Gasteiger partial charge in [0.1, 0.15) is 0 Å². The van der Waals surface area contributed by atoms with Crippen molar-refractivity contribution in [2.75, 3.05) is 0 Å². The third-order valence-corrected chi connectivity index (χ3v) is 0. The van der Waals surface area contributed by atoms with Crippen LogP contribution in [0.2, 0.25) is 0 Å². The summed E-state index contributed by atoms with van der Waals surface area (Å²) in [4.78, 5) is 0. The van der Waals surface area contributed by atoms with Crippen molar-refractivity contribution in [3.63, 3.8) is 0 Å². The van der Waals surface area contributed by atoms with E-state index in [0.29, 0.717) is 0 Å². The van der Waals surface area contributed by atoms with Gasteiger partial charge >= 0.3 is 65.9 Å². The fourth-order valence-electron chi connectivity index (χ4n) is 0. The van der Waals surface area contributed by atoms with Crippen molar-refractivity contribution in [2.45, 2.75) is 0 Å². The monoisotopic (exact) mass is 558 g/mol. The van der Waals surface area contributed by atoms with Crippen molar-refractivity contribution in [2.24, 2.45) is 0 Å². The lowest BCUT2D eigenvalue weighted by atomic mass is 10.3. The molecule has 0 aromatic carbocycles. The lowest BCUT2D eigenvalue weighted by Gasteiger charge is -1.69. The summed E-state index contributed by atoms with van der Waals surface area (Å²) < 4.78 is 0. The lowest BCUT2D eigenvalue weighted by Crippen LogP contribution is -2.07. The van der Waals surface area contributed by atoms with Crippen molar-refractivity contribution in [3.05, 3.63) is 0 Å². The van der Waals surface area contributed by atoms with Gasteiger partial charge in [0.2, 0.25) is 0 Å². The largest absolute Gasteiger partial charge is 0.631 e. The Hall–Kier alpha value is -0.496. The van der Waals surface area contributed by atoms with Gasteiger partial charge in [-0.15, -0.1) is 0 Å². The Labute approximate surface area is 202 Å². The minimum atomic E-state index is -2.17. The zero-order valence-electron chi connectivity index (χ0n) is 17.3. The van der Waals surface area contributed by atoms with E-state index in [1.807, 2.05) is 0 Å². The summed E-state index contributed by atoms with van der Waals surface area (Å²) in [6.07, 6.45) is 0. The van der Waals surface area contributed by atoms with Gasteiger partial charge in [0.05, 0.1) is 0 Å². The summed E-state index contributed by atoms with van der Waals surface area (Å²) in [5.41, 5.74) is 0. The Morgan fingerprint density at radius 1 is 0.111 bits per heavy atom. The minimum Gasteiger partial charge on any atom is -0.402 e. The summed E-state index contributed by atoms with van der Waals surface area (Å²) >= 11 is 0. The highest BCUT2D eigenvalue weighted by atomic mass is 16.6. The van der Waals surface area contributed by atoms with Crippen LogP contribution in [0.5, 0.6) is 0 Å². The summed E-state index contributed by atoms with van der Waals surface area (Å²) in [6.45, 7) is 0. The van der Waals surface area contributed by atoms with Gasteiger partial charge in [-0.1, -0.05) is 0 Å². The summed E-state index contributed by atoms with van der Waals surface area (Å²) in [6, 6.07) is 0. The summed E-state index contributed by atoms with van der Waals surface area (Å²) in [5, 5.41) is 193. The molecule has 216 valence electrons. The quantitative estimate of drug-likeness (QED) is 0.123. The molecule has 27 N–H and O–H groups in total. The Morgan fingerprint density at radius 3 is 0.111 bits per heavy atom. The molecule has 0 radical (unpaired) electrons. The number of hydrogen-bond acceptors (Lipinski definition) is 27. The molecule has 0 aromatic heterocycles. The zero-order valence-corrected chi connectivity index (χ0v) is 17.3. The highest BCUT2D eigenvalue weighted by molar-refractivity contribution is 6.32. The van der Waals surface area contributed by atoms with E-state index < -0.39 is 65.9 Å². The standard InChI is InChI=1S/9BH3O3/c9*2-1(3)4/h9*2-4H. The third-order valence-electron chi connectivity index (χ3n) is 0. The van der Waals surface area contributed by atoms with Crippen molar-refractivity contribution in [3.8, 4) is 0 Å². The first kappa shape index (κ1) is 60.2. The fraction of sp³-hybridized carbons (Fsp3) is 0. The SMILES string of the molecule is OB(O)O.OB(O)O.OB(O)O.OB(O)O.OB(O)O.OB(O)O.OB(O)O.OB(O)O.OB(O)O. The zero-order chi connectivity index (χ0) is 32.2. The van der Waals surface area contributed by atoms with E-state index in [1.54, 1.807) is 0 Å². The maximum Gasteiger partial charge on any atom is 0.631 e. The average molecular weight is 556 g/mol. The van der Waals surface area contributed by atoms with E-state index in [1.165, 1.54) is 0 Å². The molecule has 36 heteroatoms. The van der Waals surface area contributed by atoms with E-state index in [0.717, 1.165) is 0 Å². The second-order valence-electron chi connectivity index (χ2n) is 3.12. The Kier molecular flexibility index (Phi) is 92.2. The van der Waals surface area contributed by atoms with Gasteiger partial charge in [0.15, 0.2) is 0 Å². The molecule has 0 spiro atoms. The molecule has 0 fully saturated rings. The normalized spacial score (nSPS) is 6.75. The molecular weight excluding hydrogens is 529 g/mol. The van der Waals surface area contributed by atoms with Gasteiger partial charge < -0.3 is 136 Å². The van der Waals surface area contributed by atoms with E-state index >= 15 is 0 Å². The van der Waals surface area contributed by atoms with Crippen LogP contribution < -0.4 is 0 Å². The van der Waals surface area contributed by atoms with Crippen LogP contribution in [0.1, 0.15) is 0 Å². The van der Waals surface area contributed by atoms with Crippen molar-refractivity contribution in [1.82, 2.24) is 0 Å². The van der Waals surface area contributed by atoms with Crippen LogP contribution in [-0.2, 0) is 0 Å². The fourth-order valence-corrected chi connectivity index (χ4v) is 0. The molecule has 0 atom stereocenters. The molecule has 0 rings (SSSR count). The van der Waals surface area contributed by atoms with Crippen LogP contribution in [0.15, 0.2) is 0 Å². The number of rotatable bonds is 0. The maximum absolute atomic E-state index is 7.17. The van der Waals surface area contributed by atoms with Gasteiger partial charge in [-0.05, 0) is 0 Å². The molecule has 0 aromatic rings. The first-order chi connectivity index (χ1) is 15.6. The van der Waals surface area contributed by atoms with Gasteiger partial charge in [-0.3, -0.25) is 0 Å². The minimum absolute atomic E-state index is 2.17. The molecule has 0 amide bonds. The lowest BCUT2D eigenvalue weighted by molar-refractivity contribution is 0.276. The Morgan fingerprint density at radius 2 is 0.111 bits per heavy atom. The molecule has 36 heavy (non-hydrogen) atoms. The number of hydrogen-bond donors (Lipinski definition) is 27. The third kappa shape index (κ3) is 144000. The van der Waals surface area contributed by atoms with E-state index in [-0.39, 0.29) is 0 Å². The van der Waals surface area contributed by atoms with Crippen LogP contribution in [0, 0.1) is 0 Å². The van der Waals surface area contributed by atoms with Crippen LogP contribution in [0.3, 0.4) is 0 Å². The molecule has 0 saturated carbocycles. The first-order valence-electron chi connectivity index (χ1n) is 6.97. The second-order valence-corrected chi connectivity index (χ2v) is 3.12. The summed E-state index contributed by atoms with van der Waals surface area (Å²) in [5.74, 6) is 0. The van der Waals surface area contributed by atoms with Gasteiger partial charge in [-0.2, -0.15) is 0 Å². The van der Waals surface area contributed by atoms with Crippen molar-refractivity contribution >= 4 is 65.9 Å². The van der Waals surface area contributed by atoms with Crippen LogP contribution in [-0.4, -0.2) is 202 Å². The van der Waals surface area contributed by atoms with Crippen LogP contribution >= 0.6 is 0 Å². The predicted octanol–water partition coefficient (Wildman–Crippen LogP) is -18.5. The second kappa shape index (κ2) is 55.1. The van der Waals surface area contributed by atoms with E-state index in [2.05, 4.69) is 0 Å². The molecule has 0 heterocycles. The van der Waals surface area contributed by atoms with Crippen molar-refractivity contribution in [1.29, 1.82) is 0 Å². The van der Waals surface area contributed by atoms with Gasteiger partial charge in [-0.25, -0.2) is 0 Å². The molecule has 0 bridgehead atoms. The van der Waals surface area contributed by atoms with E-state index in [9.17, 15) is 0 Å². The molecule has 0 unspecified atom stereocenters. The molecule has 0 aliphatic heterocycles. The van der Waals surface area contributed by atoms with Crippen LogP contribution in [0.25, 0.3) is 0 Å². The molecule has 0 aliphatic rings. The molecular formula is H27B9O27. The maximum atomic E-state index is 7.17. The topological polar surface area (TPSA) is 546 Å². The smallest absolute Gasteiger partial charge is 0.402 e. The van der Waals surface area contributed by atoms with Crippen molar-refractivity contribution < 1.29 is 136 Å². The van der Waals surface area contributed by atoms with Gasteiger partial charge in [0, 0.05) is 0 Å². The highest BCUT2D eigenvalue weighted by Crippen LogP contribution is 1.43. The molecule has 0 saturated heterocycles. The average Bonchev–Trinajstić information content (AvgIpc) is 2.39. The summed E-state index contributed by atoms with van der Waals surface area (Å²) in [7, 11) is -19.5. The van der Waals surface area contributed by atoms with Gasteiger partial charge in [0.25, 0.3) is 0 Å².